The van der Waals surface area contributed by atoms with E-state index in [-0.39, 0.29) is 23.4 Å². The van der Waals surface area contributed by atoms with Gasteiger partial charge in [-0.2, -0.15) is 0 Å². The molecule has 2 aromatic carbocycles. The number of benzene rings is 2. The van der Waals surface area contributed by atoms with Gasteiger partial charge in [0.2, 0.25) is 11.9 Å². The number of carbonyl (C=O) groups is 4. The summed E-state index contributed by atoms with van der Waals surface area (Å²) in [5.74, 6) is -0.877. The summed E-state index contributed by atoms with van der Waals surface area (Å²) < 4.78 is 9.93. The zero-order valence-corrected chi connectivity index (χ0v) is 36.1. The Morgan fingerprint density at radius 3 is 1.52 bits per heavy atom. The van der Waals surface area contributed by atoms with E-state index in [1.807, 2.05) is 38.1 Å². The lowest BCUT2D eigenvalue weighted by atomic mass is 10.1. The van der Waals surface area contributed by atoms with Gasteiger partial charge in [0.15, 0.2) is 0 Å². The maximum atomic E-state index is 13.0. The quantitative estimate of drug-likeness (QED) is 0.0521. The van der Waals surface area contributed by atoms with Crippen LogP contribution in [0.2, 0.25) is 0 Å². The zero-order chi connectivity index (χ0) is 44.7. The van der Waals surface area contributed by atoms with E-state index in [2.05, 4.69) is 41.2 Å². The number of carboxylic acid groups (broad SMARTS) is 1. The molecule has 0 fully saturated rings. The molecular weight excluding hydrogens is 773 g/mol. The highest BCUT2D eigenvalue weighted by molar-refractivity contribution is 5.98. The molecule has 0 aliphatic carbocycles. The highest BCUT2D eigenvalue weighted by atomic mass is 16.6. The van der Waals surface area contributed by atoms with Crippen molar-refractivity contribution in [3.05, 3.63) is 92.6 Å². The molecule has 60 heavy (non-hydrogen) atoms. The van der Waals surface area contributed by atoms with E-state index in [1.54, 1.807) is 60.6 Å². The molecule has 0 aliphatic heterocycles. The van der Waals surface area contributed by atoms with Crippen LogP contribution >= 0.6 is 0 Å². The van der Waals surface area contributed by atoms with Crippen LogP contribution in [0, 0.1) is 41.5 Å². The van der Waals surface area contributed by atoms with E-state index in [0.717, 1.165) is 47.9 Å². The minimum atomic E-state index is -1.14. The van der Waals surface area contributed by atoms with E-state index in [0.29, 0.717) is 53.5 Å². The maximum absolute atomic E-state index is 13.0. The molecule has 0 unspecified atom stereocenters. The number of nitrogens with zero attached hydrogens (tertiary/aromatic N) is 4. The number of anilines is 2. The summed E-state index contributed by atoms with van der Waals surface area (Å²) in [4.78, 5) is 65.4. The molecule has 324 valence electrons. The average molecular weight is 831 g/mol. The standard InChI is InChI=1S/C26H37N5O6.C17H21N3O3/c1-15-10-11-18(13-20(15)32)9-8-12-27-24-29-16(2)21(17(3)30-24)22(33)31-19(23(34)36-7)14-28-25(35)37-26(4,5)6;1-10-6-7-13(9-14(10)21)5-4-8-18-17-19-11(2)15(16(22)23)12(3)20-17/h10-11,13,19,32H,8-9,12,14H2,1-7H3,(H,28,35)(H,31,33)(H,27,29,30);6-7,9,21H,4-5,8H2,1-3H3,(H,22,23)(H,18,19,20)/t19-;/m0./s1. The van der Waals surface area contributed by atoms with Gasteiger partial charge in [-0.05, 0) is 122 Å². The summed E-state index contributed by atoms with van der Waals surface area (Å²) in [7, 11) is 1.19. The number of aromatic carboxylic acids is 1. The SMILES string of the molecule is COC(=O)[C@H](CNC(=O)OC(C)(C)C)NC(=O)c1c(C)nc(NCCCc2ccc(C)c(O)c2)nc1C.Cc1ccc(CCCNc2nc(C)c(C(=O)O)c(C)n2)cc1O. The van der Waals surface area contributed by atoms with Crippen LogP contribution < -0.4 is 21.3 Å². The van der Waals surface area contributed by atoms with Crippen molar-refractivity contribution in [1.29, 1.82) is 0 Å². The Hall–Kier alpha value is -6.52. The molecule has 7 N–H and O–H groups in total. The third-order valence-corrected chi connectivity index (χ3v) is 9.02. The lowest BCUT2D eigenvalue weighted by molar-refractivity contribution is -0.142. The molecule has 0 saturated heterocycles. The number of aromatic nitrogens is 4. The van der Waals surface area contributed by atoms with Gasteiger partial charge in [0.05, 0.1) is 42.0 Å². The first-order valence-corrected chi connectivity index (χ1v) is 19.5. The van der Waals surface area contributed by atoms with Gasteiger partial charge in [-0.25, -0.2) is 34.3 Å². The van der Waals surface area contributed by atoms with Crippen LogP contribution in [0.4, 0.5) is 16.7 Å². The van der Waals surface area contributed by atoms with Crippen molar-refractivity contribution in [2.24, 2.45) is 0 Å². The number of amides is 2. The summed E-state index contributed by atoms with van der Waals surface area (Å²) in [5.41, 5.74) is 5.26. The van der Waals surface area contributed by atoms with Crippen molar-refractivity contribution in [3.63, 3.8) is 0 Å². The molecule has 2 heterocycles. The van der Waals surface area contributed by atoms with E-state index < -0.39 is 35.6 Å². The number of hydrogen-bond donors (Lipinski definition) is 7. The number of aromatic hydroxyl groups is 2. The molecule has 0 saturated carbocycles. The van der Waals surface area contributed by atoms with Crippen LogP contribution in [0.15, 0.2) is 36.4 Å². The zero-order valence-electron chi connectivity index (χ0n) is 36.1. The van der Waals surface area contributed by atoms with Gasteiger partial charge in [-0.15, -0.1) is 0 Å². The molecule has 0 spiro atoms. The van der Waals surface area contributed by atoms with Crippen LogP contribution in [0.5, 0.6) is 11.5 Å². The number of aryl methyl sites for hydroxylation is 8. The third kappa shape index (κ3) is 15.0. The molecule has 17 nitrogen and oxygen atoms in total. The number of alkyl carbamates (subject to hydrolysis) is 1. The number of ether oxygens (including phenoxy) is 2. The Labute approximate surface area is 350 Å². The first kappa shape index (κ1) is 47.9. The van der Waals surface area contributed by atoms with Crippen LogP contribution in [-0.4, -0.2) is 97.6 Å². The number of carbonyl (C=O) groups excluding carboxylic acids is 3. The molecule has 1 atom stereocenters. The molecule has 2 aromatic heterocycles. The van der Waals surface area contributed by atoms with Crippen molar-refractivity contribution < 1.29 is 44.0 Å². The van der Waals surface area contributed by atoms with Gasteiger partial charge < -0.3 is 46.1 Å². The lowest BCUT2D eigenvalue weighted by Gasteiger charge is -2.22. The fraction of sp³-hybridized carbons (Fsp3) is 0.442. The molecule has 0 radical (unpaired) electrons. The minimum absolute atomic E-state index is 0.158. The molecule has 0 aliphatic rings. The van der Waals surface area contributed by atoms with Gasteiger partial charge in [-0.1, -0.05) is 24.3 Å². The number of esters is 1. The number of carboxylic acids is 1. The van der Waals surface area contributed by atoms with Crippen LogP contribution in [0.1, 0.15) is 99.4 Å². The Morgan fingerprint density at radius 2 is 1.13 bits per heavy atom. The van der Waals surface area contributed by atoms with Crippen molar-refractivity contribution in [3.8, 4) is 11.5 Å². The highest BCUT2D eigenvalue weighted by Crippen LogP contribution is 2.20. The van der Waals surface area contributed by atoms with Gasteiger partial charge in [0, 0.05) is 13.1 Å². The van der Waals surface area contributed by atoms with Gasteiger partial charge in [0.25, 0.3) is 5.91 Å². The fourth-order valence-corrected chi connectivity index (χ4v) is 5.90. The van der Waals surface area contributed by atoms with Crippen molar-refractivity contribution in [2.75, 3.05) is 37.4 Å². The second-order valence-corrected chi connectivity index (χ2v) is 15.2. The number of phenolic OH excluding ortho intramolecular Hbond substituents is 2. The summed E-state index contributed by atoms with van der Waals surface area (Å²) in [6.07, 6.45) is 2.51. The molecule has 4 aromatic rings. The predicted molar refractivity (Wildman–Crippen MR) is 227 cm³/mol. The Balaban J connectivity index is 0.000000357. The average Bonchev–Trinajstić information content (AvgIpc) is 3.15. The molecule has 2 amide bonds. The Bertz CT molecular complexity index is 2110. The van der Waals surface area contributed by atoms with Crippen LogP contribution in [0.25, 0.3) is 0 Å². The largest absolute Gasteiger partial charge is 0.508 e. The van der Waals surface area contributed by atoms with Crippen molar-refractivity contribution in [2.45, 2.75) is 99.6 Å². The second kappa shape index (κ2) is 22.0. The minimum Gasteiger partial charge on any atom is -0.508 e. The number of rotatable bonds is 16. The summed E-state index contributed by atoms with van der Waals surface area (Å²) in [6, 6.07) is 10.2. The van der Waals surface area contributed by atoms with E-state index in [1.165, 1.54) is 7.11 Å². The molecule has 17 heteroatoms. The van der Waals surface area contributed by atoms with E-state index in [9.17, 15) is 29.4 Å². The Kier molecular flexibility index (Phi) is 17.6. The summed E-state index contributed by atoms with van der Waals surface area (Å²) in [5, 5.41) is 39.9. The monoisotopic (exact) mass is 830 g/mol. The smallest absolute Gasteiger partial charge is 0.407 e. The predicted octanol–water partition coefficient (Wildman–Crippen LogP) is 5.80. The maximum Gasteiger partial charge on any atom is 0.407 e. The first-order valence-electron chi connectivity index (χ1n) is 19.5. The van der Waals surface area contributed by atoms with E-state index in [4.69, 9.17) is 14.6 Å². The molecule has 0 bridgehead atoms. The fourth-order valence-electron chi connectivity index (χ4n) is 5.90. The van der Waals surface area contributed by atoms with Crippen LogP contribution in [0.3, 0.4) is 0 Å². The normalized spacial score (nSPS) is 11.4. The first-order chi connectivity index (χ1) is 28.2. The van der Waals surface area contributed by atoms with Crippen molar-refractivity contribution >= 4 is 35.8 Å². The number of phenols is 2. The van der Waals surface area contributed by atoms with Gasteiger partial charge in [-0.3, -0.25) is 4.79 Å². The summed E-state index contributed by atoms with van der Waals surface area (Å²) >= 11 is 0. The van der Waals surface area contributed by atoms with Crippen molar-refractivity contribution in [1.82, 2.24) is 30.6 Å². The number of hydrogen-bond acceptors (Lipinski definition) is 14. The van der Waals surface area contributed by atoms with Gasteiger partial charge >= 0.3 is 18.0 Å². The number of nitrogens with one attached hydrogen (secondary N) is 4. The molecule has 4 rings (SSSR count). The highest BCUT2D eigenvalue weighted by Gasteiger charge is 2.27. The van der Waals surface area contributed by atoms with Gasteiger partial charge in [0.1, 0.15) is 28.7 Å². The summed E-state index contributed by atoms with van der Waals surface area (Å²) in [6.45, 7) is 16.6. The van der Waals surface area contributed by atoms with E-state index >= 15 is 0 Å². The molecular formula is C43H58N8O9. The number of methoxy groups -OCH3 is 1. The second-order valence-electron chi connectivity index (χ2n) is 15.2. The Morgan fingerprint density at radius 1 is 0.700 bits per heavy atom. The third-order valence-electron chi connectivity index (χ3n) is 9.02. The van der Waals surface area contributed by atoms with Crippen LogP contribution in [-0.2, 0) is 27.1 Å². The lowest BCUT2D eigenvalue weighted by Crippen LogP contribution is -2.50. The topological polar surface area (TPSA) is 247 Å².